The molecule has 0 saturated carbocycles. The van der Waals surface area contributed by atoms with Crippen molar-refractivity contribution in [3.63, 3.8) is 0 Å². The second kappa shape index (κ2) is 5.95. The number of halogens is 1. The van der Waals surface area contributed by atoms with Crippen LogP contribution in [0.2, 0.25) is 5.02 Å². The molecular formula is C13H18ClNS. The molecule has 1 N–H and O–H groups in total. The Hall–Kier alpha value is -0.180. The number of benzene rings is 1. The zero-order valence-corrected chi connectivity index (χ0v) is 11.2. The van der Waals surface area contributed by atoms with E-state index >= 15 is 0 Å². The van der Waals surface area contributed by atoms with Crippen LogP contribution in [0.15, 0.2) is 24.3 Å². The predicted molar refractivity (Wildman–Crippen MR) is 73.3 cm³/mol. The van der Waals surface area contributed by atoms with E-state index in [0.29, 0.717) is 6.04 Å². The molecule has 2 rings (SSSR count). The standard InChI is InChI=1S/C13H18ClNS/c1-10(12-6-2-3-7-13(12)14)15-9-11-5-4-8-16-11/h2-3,6-7,10-11,15H,4-5,8-9H2,1H3. The maximum absolute atomic E-state index is 6.17. The highest BCUT2D eigenvalue weighted by Gasteiger charge is 2.16. The van der Waals surface area contributed by atoms with Crippen LogP contribution >= 0.6 is 23.4 Å². The zero-order chi connectivity index (χ0) is 11.4. The van der Waals surface area contributed by atoms with Crippen LogP contribution in [0, 0.1) is 0 Å². The van der Waals surface area contributed by atoms with E-state index in [9.17, 15) is 0 Å². The summed E-state index contributed by atoms with van der Waals surface area (Å²) in [4.78, 5) is 0. The number of hydrogen-bond donors (Lipinski definition) is 1. The fourth-order valence-electron chi connectivity index (χ4n) is 2.05. The second-order valence-electron chi connectivity index (χ2n) is 4.29. The summed E-state index contributed by atoms with van der Waals surface area (Å²) in [6, 6.07) is 8.42. The molecule has 0 spiro atoms. The second-order valence-corrected chi connectivity index (χ2v) is 6.10. The SMILES string of the molecule is CC(NCC1CCCS1)c1ccccc1Cl. The van der Waals surface area contributed by atoms with Gasteiger partial charge in [0.2, 0.25) is 0 Å². The molecule has 16 heavy (non-hydrogen) atoms. The molecule has 1 aromatic carbocycles. The van der Waals surface area contributed by atoms with E-state index < -0.39 is 0 Å². The molecule has 0 aromatic heterocycles. The minimum Gasteiger partial charge on any atom is -0.309 e. The smallest absolute Gasteiger partial charge is 0.0453 e. The minimum absolute atomic E-state index is 0.342. The predicted octanol–water partition coefficient (Wildman–Crippen LogP) is 3.89. The lowest BCUT2D eigenvalue weighted by atomic mass is 10.1. The van der Waals surface area contributed by atoms with Gasteiger partial charge >= 0.3 is 0 Å². The molecule has 88 valence electrons. The van der Waals surface area contributed by atoms with Crippen LogP contribution in [-0.2, 0) is 0 Å². The van der Waals surface area contributed by atoms with E-state index in [4.69, 9.17) is 11.6 Å². The number of nitrogens with one attached hydrogen (secondary N) is 1. The van der Waals surface area contributed by atoms with Crippen molar-refractivity contribution in [3.05, 3.63) is 34.9 Å². The molecular weight excluding hydrogens is 238 g/mol. The summed E-state index contributed by atoms with van der Waals surface area (Å²) in [6.07, 6.45) is 2.73. The van der Waals surface area contributed by atoms with Gasteiger partial charge in [-0.1, -0.05) is 29.8 Å². The molecule has 0 amide bonds. The first-order valence-electron chi connectivity index (χ1n) is 5.87. The minimum atomic E-state index is 0.342. The molecule has 1 nitrogen and oxygen atoms in total. The van der Waals surface area contributed by atoms with Crippen molar-refractivity contribution in [2.24, 2.45) is 0 Å². The Morgan fingerprint density at radius 2 is 2.31 bits per heavy atom. The van der Waals surface area contributed by atoms with Gasteiger partial charge in [0.05, 0.1) is 0 Å². The van der Waals surface area contributed by atoms with Crippen LogP contribution < -0.4 is 5.32 Å². The number of hydrogen-bond acceptors (Lipinski definition) is 2. The van der Waals surface area contributed by atoms with E-state index in [-0.39, 0.29) is 0 Å². The largest absolute Gasteiger partial charge is 0.309 e. The van der Waals surface area contributed by atoms with E-state index in [1.165, 1.54) is 24.2 Å². The van der Waals surface area contributed by atoms with Crippen LogP contribution in [0.4, 0.5) is 0 Å². The van der Waals surface area contributed by atoms with Gasteiger partial charge in [-0.25, -0.2) is 0 Å². The lowest BCUT2D eigenvalue weighted by Crippen LogP contribution is -2.26. The van der Waals surface area contributed by atoms with Crippen molar-refractivity contribution in [2.75, 3.05) is 12.3 Å². The highest BCUT2D eigenvalue weighted by atomic mass is 35.5. The first-order chi connectivity index (χ1) is 7.77. The summed E-state index contributed by atoms with van der Waals surface area (Å²) in [5.74, 6) is 1.33. The first-order valence-corrected chi connectivity index (χ1v) is 7.29. The Morgan fingerprint density at radius 1 is 1.50 bits per heavy atom. The van der Waals surface area contributed by atoms with Gasteiger partial charge in [-0.2, -0.15) is 11.8 Å². The van der Waals surface area contributed by atoms with Gasteiger partial charge in [-0.05, 0) is 37.1 Å². The summed E-state index contributed by atoms with van der Waals surface area (Å²) < 4.78 is 0. The van der Waals surface area contributed by atoms with Gasteiger partial charge < -0.3 is 5.32 Å². The van der Waals surface area contributed by atoms with Crippen LogP contribution in [0.5, 0.6) is 0 Å². The van der Waals surface area contributed by atoms with Gasteiger partial charge in [0.25, 0.3) is 0 Å². The van der Waals surface area contributed by atoms with Crippen molar-refractivity contribution >= 4 is 23.4 Å². The summed E-state index contributed by atoms with van der Waals surface area (Å²) in [7, 11) is 0. The van der Waals surface area contributed by atoms with Crippen molar-refractivity contribution in [3.8, 4) is 0 Å². The van der Waals surface area contributed by atoms with E-state index in [2.05, 4.69) is 30.1 Å². The van der Waals surface area contributed by atoms with E-state index in [1.807, 2.05) is 18.2 Å². The third-order valence-corrected chi connectivity index (χ3v) is 4.79. The lowest BCUT2D eigenvalue weighted by molar-refractivity contribution is 0.559. The molecule has 0 bridgehead atoms. The fraction of sp³-hybridized carbons (Fsp3) is 0.538. The highest BCUT2D eigenvalue weighted by Crippen LogP contribution is 2.27. The average Bonchev–Trinajstić information content (AvgIpc) is 2.79. The average molecular weight is 256 g/mol. The van der Waals surface area contributed by atoms with Crippen LogP contribution in [0.3, 0.4) is 0 Å². The van der Waals surface area contributed by atoms with Crippen molar-refractivity contribution < 1.29 is 0 Å². The molecule has 0 radical (unpaired) electrons. The van der Waals surface area contributed by atoms with Crippen molar-refractivity contribution in [1.82, 2.24) is 5.32 Å². The molecule has 1 fully saturated rings. The lowest BCUT2D eigenvalue weighted by Gasteiger charge is -2.18. The number of thioether (sulfide) groups is 1. The molecule has 0 aliphatic carbocycles. The maximum atomic E-state index is 6.17. The summed E-state index contributed by atoms with van der Waals surface area (Å²) in [6.45, 7) is 3.28. The molecule has 2 unspecified atom stereocenters. The Bertz CT molecular complexity index is 336. The molecule has 1 saturated heterocycles. The highest BCUT2D eigenvalue weighted by molar-refractivity contribution is 8.00. The molecule has 1 heterocycles. The molecule has 3 heteroatoms. The molecule has 2 atom stereocenters. The fourth-order valence-corrected chi connectivity index (χ4v) is 3.56. The molecule has 1 aromatic rings. The van der Waals surface area contributed by atoms with Gasteiger partial charge in [-0.15, -0.1) is 0 Å². The van der Waals surface area contributed by atoms with E-state index in [1.54, 1.807) is 0 Å². The van der Waals surface area contributed by atoms with Crippen LogP contribution in [-0.4, -0.2) is 17.5 Å². The van der Waals surface area contributed by atoms with Crippen LogP contribution in [0.1, 0.15) is 31.4 Å². The van der Waals surface area contributed by atoms with Gasteiger partial charge in [0.15, 0.2) is 0 Å². The van der Waals surface area contributed by atoms with Crippen molar-refractivity contribution in [2.45, 2.75) is 31.1 Å². The first kappa shape index (κ1) is 12.3. The maximum Gasteiger partial charge on any atom is 0.0453 e. The third-order valence-electron chi connectivity index (χ3n) is 3.05. The third kappa shape index (κ3) is 3.16. The Morgan fingerprint density at radius 3 is 3.00 bits per heavy atom. The Balaban J connectivity index is 1.87. The van der Waals surface area contributed by atoms with Crippen molar-refractivity contribution in [1.29, 1.82) is 0 Å². The van der Waals surface area contributed by atoms with E-state index in [0.717, 1.165) is 16.8 Å². The van der Waals surface area contributed by atoms with Gasteiger partial charge in [0, 0.05) is 22.9 Å². The van der Waals surface area contributed by atoms with Gasteiger partial charge in [-0.3, -0.25) is 0 Å². The molecule has 1 aliphatic heterocycles. The summed E-state index contributed by atoms with van der Waals surface area (Å²) in [5.41, 5.74) is 1.20. The summed E-state index contributed by atoms with van der Waals surface area (Å²) in [5, 5.41) is 5.24. The Kier molecular flexibility index (Phi) is 4.56. The monoisotopic (exact) mass is 255 g/mol. The Labute approximate surface area is 107 Å². The molecule has 1 aliphatic rings. The topological polar surface area (TPSA) is 12.0 Å². The summed E-state index contributed by atoms with van der Waals surface area (Å²) >= 11 is 8.26. The van der Waals surface area contributed by atoms with Gasteiger partial charge in [0.1, 0.15) is 0 Å². The normalized spacial score (nSPS) is 22.2. The van der Waals surface area contributed by atoms with Crippen LogP contribution in [0.25, 0.3) is 0 Å². The quantitative estimate of drug-likeness (QED) is 0.876. The zero-order valence-electron chi connectivity index (χ0n) is 9.58. The number of rotatable bonds is 4.